The first kappa shape index (κ1) is 12.0. The van der Waals surface area contributed by atoms with Gasteiger partial charge >= 0.3 is 15.5 Å². The van der Waals surface area contributed by atoms with E-state index in [2.05, 4.69) is 6.58 Å². The van der Waals surface area contributed by atoms with Crippen molar-refractivity contribution in [1.29, 1.82) is 0 Å². The fourth-order valence-electron chi connectivity index (χ4n) is 0.480. The average molecular weight is 217 g/mol. The molecule has 0 aromatic rings. The Labute approximate surface area is 68.8 Å². The molecule has 0 heterocycles. The summed E-state index contributed by atoms with van der Waals surface area (Å²) in [6.45, 7) is 2.52. The first-order valence-electron chi connectivity index (χ1n) is 2.70. The van der Waals surface area contributed by atoms with Crippen LogP contribution in [0.2, 0.25) is 0 Å². The van der Waals surface area contributed by atoms with Gasteiger partial charge in [0.15, 0.2) is 0 Å². The molecule has 0 aliphatic rings. The van der Waals surface area contributed by atoms with E-state index in [0.29, 0.717) is 0 Å². The van der Waals surface area contributed by atoms with E-state index >= 15 is 0 Å². The van der Waals surface area contributed by atoms with E-state index in [9.17, 15) is 9.13 Å². The third-order valence-electron chi connectivity index (χ3n) is 0.894. The quantitative estimate of drug-likeness (QED) is 0.375. The van der Waals surface area contributed by atoms with Gasteiger partial charge in [-0.3, -0.25) is 0 Å². The summed E-state index contributed by atoms with van der Waals surface area (Å²) in [5, 5.41) is 0. The van der Waals surface area contributed by atoms with E-state index in [-0.39, 0.29) is 4.44 Å². The molecule has 0 atom stereocenters. The van der Waals surface area contributed by atoms with E-state index in [0.717, 1.165) is 6.08 Å². The van der Waals surface area contributed by atoms with Crippen LogP contribution in [0.5, 0.6) is 0 Å². The zero-order valence-electron chi connectivity index (χ0n) is 5.94. The molecule has 0 aliphatic heterocycles. The molecule has 0 spiro atoms. The highest BCUT2D eigenvalue weighted by atomic mass is 31.3. The Hall–Kier alpha value is -0.0000000000000000416. The molecular weight excluding hydrogens is 208 g/mol. The van der Waals surface area contributed by atoms with Crippen LogP contribution in [0.4, 0.5) is 0 Å². The van der Waals surface area contributed by atoms with Crippen LogP contribution < -0.4 is 0 Å². The molecule has 9 heteroatoms. The zero-order valence-corrected chi connectivity index (χ0v) is 7.73. The van der Waals surface area contributed by atoms with Crippen LogP contribution >= 0.6 is 15.5 Å². The van der Waals surface area contributed by atoms with Crippen molar-refractivity contribution in [2.45, 2.75) is 0 Å². The minimum atomic E-state index is -4.91. The van der Waals surface area contributed by atoms with Crippen molar-refractivity contribution >= 4 is 15.5 Å². The normalized spacial score (nSPS) is 13.4. The lowest BCUT2D eigenvalue weighted by Gasteiger charge is -2.21. The van der Waals surface area contributed by atoms with Gasteiger partial charge in [0.2, 0.25) is 0 Å². The lowest BCUT2D eigenvalue weighted by molar-refractivity contribution is 0.277. The van der Waals surface area contributed by atoms with Gasteiger partial charge in [0.1, 0.15) is 0 Å². The molecule has 0 aromatic carbocycles. The van der Waals surface area contributed by atoms with E-state index in [1.54, 1.807) is 0 Å². The summed E-state index contributed by atoms with van der Waals surface area (Å²) in [5.41, 5.74) is 0. The van der Waals surface area contributed by atoms with Crippen LogP contribution in [0.3, 0.4) is 0 Å². The highest BCUT2D eigenvalue weighted by Gasteiger charge is 2.38. The van der Waals surface area contributed by atoms with Crippen molar-refractivity contribution in [3.8, 4) is 0 Å². The van der Waals surface area contributed by atoms with E-state index in [4.69, 9.17) is 19.6 Å². The van der Waals surface area contributed by atoms with E-state index in [1.165, 1.54) is 0 Å². The second-order valence-corrected chi connectivity index (χ2v) is 5.20. The average Bonchev–Trinajstić information content (AvgIpc) is 1.77. The first-order chi connectivity index (χ1) is 5.19. The molecule has 7 nitrogen and oxygen atoms in total. The Balaban J connectivity index is 4.81. The Kier molecular flexibility index (Phi) is 3.81. The molecule has 0 fully saturated rings. The van der Waals surface area contributed by atoms with Gasteiger partial charge in [-0.25, -0.2) is 9.13 Å². The van der Waals surface area contributed by atoms with Gasteiger partial charge in [0.25, 0.3) is 0 Å². The number of hydrogen-bond donors (Lipinski definition) is 4. The van der Waals surface area contributed by atoms with Gasteiger partial charge < -0.3 is 19.6 Å². The molecule has 0 saturated heterocycles. The second kappa shape index (κ2) is 3.81. The zero-order chi connectivity index (χ0) is 9.99. The summed E-state index contributed by atoms with van der Waals surface area (Å²) in [7, 11) is -9.83. The summed E-state index contributed by atoms with van der Waals surface area (Å²) in [5.74, 6) is 0. The van der Waals surface area contributed by atoms with Crippen molar-refractivity contribution in [2.75, 3.05) is 6.54 Å². The van der Waals surface area contributed by atoms with Gasteiger partial charge in [-0.2, -0.15) is 0 Å². The topological polar surface area (TPSA) is 118 Å². The Bertz CT molecular complexity index is 230. The highest BCUT2D eigenvalue weighted by molar-refractivity contribution is 7.65. The number of hydrogen-bond acceptors (Lipinski definition) is 2. The van der Waals surface area contributed by atoms with E-state index in [1.807, 2.05) is 0 Å². The molecular formula is C3H9NO6P2. The molecule has 0 unspecified atom stereocenters. The van der Waals surface area contributed by atoms with Gasteiger partial charge in [0, 0.05) is 6.54 Å². The van der Waals surface area contributed by atoms with Crippen LogP contribution in [-0.4, -0.2) is 30.6 Å². The molecule has 0 radical (unpaired) electrons. The second-order valence-electron chi connectivity index (χ2n) is 1.87. The van der Waals surface area contributed by atoms with Crippen molar-refractivity contribution < 1.29 is 28.7 Å². The Morgan fingerprint density at radius 3 is 1.58 bits per heavy atom. The van der Waals surface area contributed by atoms with Crippen LogP contribution in [0.25, 0.3) is 0 Å². The Morgan fingerprint density at radius 2 is 1.50 bits per heavy atom. The summed E-state index contributed by atoms with van der Waals surface area (Å²) >= 11 is 0. The van der Waals surface area contributed by atoms with E-state index < -0.39 is 22.0 Å². The third kappa shape index (κ3) is 3.60. The van der Waals surface area contributed by atoms with Crippen LogP contribution in [-0.2, 0) is 9.13 Å². The number of rotatable bonds is 4. The van der Waals surface area contributed by atoms with Crippen molar-refractivity contribution in [1.82, 2.24) is 4.44 Å². The van der Waals surface area contributed by atoms with Crippen LogP contribution in [0.1, 0.15) is 0 Å². The van der Waals surface area contributed by atoms with Crippen molar-refractivity contribution in [2.24, 2.45) is 0 Å². The van der Waals surface area contributed by atoms with Gasteiger partial charge in [-0.1, -0.05) is 6.08 Å². The largest absolute Gasteiger partial charge is 0.412 e. The predicted octanol–water partition coefficient (Wildman–Crippen LogP) is -0.340. The molecule has 0 saturated carbocycles. The number of nitrogens with zero attached hydrogens (tertiary/aromatic N) is 1. The summed E-state index contributed by atoms with van der Waals surface area (Å²) in [6, 6.07) is 0. The summed E-state index contributed by atoms with van der Waals surface area (Å²) in [4.78, 5) is 33.8. The van der Waals surface area contributed by atoms with Crippen LogP contribution in [0.15, 0.2) is 12.7 Å². The maximum absolute atomic E-state index is 10.4. The molecule has 0 rings (SSSR count). The van der Waals surface area contributed by atoms with Crippen LogP contribution in [0, 0.1) is 0 Å². The fourth-order valence-corrected chi connectivity index (χ4v) is 2.35. The predicted molar refractivity (Wildman–Crippen MR) is 41.0 cm³/mol. The standard InChI is InChI=1S/C3H9NO6P2/c1-2-3-4(11(5,6)7)12(8,9)10/h2H,1,3H2,(H2,5,6,7)(H2,8,9,10). The SMILES string of the molecule is C=CCN(P(=O)(O)O)P(=O)(O)O. The molecule has 72 valence electrons. The first-order valence-corrected chi connectivity index (χ1v) is 5.83. The Morgan fingerprint density at radius 1 is 1.17 bits per heavy atom. The maximum atomic E-state index is 10.4. The third-order valence-corrected chi connectivity index (χ3v) is 3.82. The fraction of sp³-hybridized carbons (Fsp3) is 0.333. The molecule has 12 heavy (non-hydrogen) atoms. The minimum absolute atomic E-state index is 0.229. The lowest BCUT2D eigenvalue weighted by atomic mass is 10.7. The molecule has 0 bridgehead atoms. The smallest absolute Gasteiger partial charge is 0.312 e. The molecule has 0 aromatic heterocycles. The molecule has 0 aliphatic carbocycles. The lowest BCUT2D eigenvalue weighted by Crippen LogP contribution is -2.16. The molecule has 4 N–H and O–H groups in total. The van der Waals surface area contributed by atoms with Gasteiger partial charge in [0.05, 0.1) is 0 Å². The molecule has 0 amide bonds. The van der Waals surface area contributed by atoms with Gasteiger partial charge in [-0.05, 0) is 0 Å². The monoisotopic (exact) mass is 217 g/mol. The van der Waals surface area contributed by atoms with Crippen molar-refractivity contribution in [3.05, 3.63) is 12.7 Å². The minimum Gasteiger partial charge on any atom is -0.312 e. The summed E-state index contributed by atoms with van der Waals surface area (Å²) < 4.78 is 20.7. The summed E-state index contributed by atoms with van der Waals surface area (Å²) in [6.07, 6.45) is 0.984. The van der Waals surface area contributed by atoms with Gasteiger partial charge in [-0.15, -0.1) is 11.0 Å². The maximum Gasteiger partial charge on any atom is 0.412 e. The van der Waals surface area contributed by atoms with Crippen molar-refractivity contribution in [3.63, 3.8) is 0 Å². The highest BCUT2D eigenvalue weighted by Crippen LogP contribution is 2.57.